The monoisotopic (exact) mass is 248 g/mol. The van der Waals surface area contributed by atoms with Gasteiger partial charge in [0.2, 0.25) is 10.0 Å². The van der Waals surface area contributed by atoms with Crippen molar-refractivity contribution in [3.63, 3.8) is 0 Å². The summed E-state index contributed by atoms with van der Waals surface area (Å²) in [5.74, 6) is 0. The van der Waals surface area contributed by atoms with E-state index in [1.807, 2.05) is 13.8 Å². The molecule has 0 aromatic carbocycles. The lowest BCUT2D eigenvalue weighted by Crippen LogP contribution is -2.63. The van der Waals surface area contributed by atoms with Crippen molar-refractivity contribution in [2.45, 2.75) is 63.8 Å². The van der Waals surface area contributed by atoms with Gasteiger partial charge < -0.3 is 5.73 Å². The van der Waals surface area contributed by atoms with Crippen molar-refractivity contribution < 1.29 is 8.42 Å². The van der Waals surface area contributed by atoms with Crippen molar-refractivity contribution >= 4 is 10.0 Å². The second-order valence-electron chi connectivity index (χ2n) is 6.09. The van der Waals surface area contributed by atoms with Crippen LogP contribution in [0.5, 0.6) is 0 Å². The van der Waals surface area contributed by atoms with Crippen LogP contribution in [0.15, 0.2) is 0 Å². The number of sulfonamides is 1. The molecule has 0 aromatic rings. The van der Waals surface area contributed by atoms with Crippen LogP contribution in [0.2, 0.25) is 0 Å². The molecule has 1 atom stereocenters. The average Bonchev–Trinajstić information content (AvgIpc) is 2.07. The largest absolute Gasteiger partial charge is 0.326 e. The summed E-state index contributed by atoms with van der Waals surface area (Å²) in [6.45, 7) is 9.62. The van der Waals surface area contributed by atoms with E-state index in [1.54, 1.807) is 25.1 Å². The number of nitrogens with two attached hydrogens (primary N) is 1. The van der Waals surface area contributed by atoms with Crippen molar-refractivity contribution in [3.8, 4) is 0 Å². The van der Waals surface area contributed by atoms with Crippen LogP contribution in [0.3, 0.4) is 0 Å². The molecule has 0 amide bonds. The van der Waals surface area contributed by atoms with Gasteiger partial charge in [0.05, 0.1) is 4.75 Å². The zero-order chi connectivity index (χ0) is 12.8. The maximum absolute atomic E-state index is 12.4. The van der Waals surface area contributed by atoms with Gasteiger partial charge in [-0.05, 0) is 47.5 Å². The van der Waals surface area contributed by atoms with Crippen LogP contribution >= 0.6 is 0 Å². The summed E-state index contributed by atoms with van der Waals surface area (Å²) in [6.07, 6.45) is 1.74. The Morgan fingerprint density at radius 3 is 2.25 bits per heavy atom. The van der Waals surface area contributed by atoms with E-state index in [0.29, 0.717) is 6.54 Å². The summed E-state index contributed by atoms with van der Waals surface area (Å²) in [7, 11) is -3.29. The summed E-state index contributed by atoms with van der Waals surface area (Å²) in [5, 5.41) is 0. The van der Waals surface area contributed by atoms with E-state index in [9.17, 15) is 8.42 Å². The SMILES string of the molecule is CC1(C)C(N)CCCN1S(=O)(=O)C(C)(C)C. The molecule has 2 N–H and O–H groups in total. The number of piperidine rings is 1. The number of hydrogen-bond acceptors (Lipinski definition) is 3. The second-order valence-corrected chi connectivity index (χ2v) is 8.71. The summed E-state index contributed by atoms with van der Waals surface area (Å²) in [4.78, 5) is 0. The Morgan fingerprint density at radius 1 is 1.31 bits per heavy atom. The van der Waals surface area contributed by atoms with Gasteiger partial charge in [-0.2, -0.15) is 4.31 Å². The van der Waals surface area contributed by atoms with Crippen LogP contribution in [0.25, 0.3) is 0 Å². The Bertz CT molecular complexity index is 355. The molecule has 1 saturated heterocycles. The fourth-order valence-corrected chi connectivity index (χ4v) is 3.83. The minimum atomic E-state index is -3.29. The first-order chi connectivity index (χ1) is 7.01. The minimum absolute atomic E-state index is 0.0848. The smallest absolute Gasteiger partial charge is 0.219 e. The van der Waals surface area contributed by atoms with Gasteiger partial charge >= 0.3 is 0 Å². The molecular formula is C11H24N2O2S. The molecule has 4 nitrogen and oxygen atoms in total. The van der Waals surface area contributed by atoms with E-state index in [0.717, 1.165) is 12.8 Å². The van der Waals surface area contributed by atoms with Gasteiger partial charge in [0.15, 0.2) is 0 Å². The summed E-state index contributed by atoms with van der Waals surface area (Å²) in [5.41, 5.74) is 5.55. The van der Waals surface area contributed by atoms with Crippen molar-refractivity contribution in [1.29, 1.82) is 0 Å². The maximum atomic E-state index is 12.4. The Hall–Kier alpha value is -0.130. The van der Waals surface area contributed by atoms with Crippen LogP contribution < -0.4 is 5.73 Å². The van der Waals surface area contributed by atoms with Crippen molar-refractivity contribution in [2.24, 2.45) is 5.73 Å². The van der Waals surface area contributed by atoms with Crippen molar-refractivity contribution in [3.05, 3.63) is 0 Å². The molecule has 1 aliphatic heterocycles. The number of hydrogen-bond donors (Lipinski definition) is 1. The summed E-state index contributed by atoms with van der Waals surface area (Å²) < 4.78 is 25.7. The van der Waals surface area contributed by atoms with Crippen molar-refractivity contribution in [1.82, 2.24) is 4.31 Å². The summed E-state index contributed by atoms with van der Waals surface area (Å²) in [6, 6.07) is -0.0848. The third-order valence-corrected chi connectivity index (χ3v) is 6.27. The topological polar surface area (TPSA) is 63.4 Å². The van der Waals surface area contributed by atoms with Crippen LogP contribution in [0.1, 0.15) is 47.5 Å². The molecule has 1 rings (SSSR count). The fourth-order valence-electron chi connectivity index (χ4n) is 2.04. The first kappa shape index (κ1) is 13.9. The molecular weight excluding hydrogens is 224 g/mol. The van der Waals surface area contributed by atoms with E-state index in [1.165, 1.54) is 0 Å². The third-order valence-electron chi connectivity index (χ3n) is 3.49. The Kier molecular flexibility index (Phi) is 3.45. The highest BCUT2D eigenvalue weighted by molar-refractivity contribution is 7.90. The minimum Gasteiger partial charge on any atom is -0.326 e. The van der Waals surface area contributed by atoms with Crippen molar-refractivity contribution in [2.75, 3.05) is 6.54 Å². The van der Waals surface area contributed by atoms with Crippen LogP contribution in [-0.2, 0) is 10.0 Å². The molecule has 1 unspecified atom stereocenters. The fraction of sp³-hybridized carbons (Fsp3) is 1.00. The van der Waals surface area contributed by atoms with E-state index in [2.05, 4.69) is 0 Å². The third kappa shape index (κ3) is 2.13. The predicted molar refractivity (Wildman–Crippen MR) is 66.7 cm³/mol. The standard InChI is InChI=1S/C11H24N2O2S/c1-10(2,3)16(14,15)13-8-6-7-9(12)11(13,4)5/h9H,6-8,12H2,1-5H3. The molecule has 1 fully saturated rings. The van der Waals surface area contributed by atoms with Gasteiger partial charge in [-0.15, -0.1) is 0 Å². The molecule has 0 saturated carbocycles. The maximum Gasteiger partial charge on any atom is 0.219 e. The summed E-state index contributed by atoms with van der Waals surface area (Å²) >= 11 is 0. The molecule has 0 bridgehead atoms. The van der Waals surface area contributed by atoms with Crippen LogP contribution in [0, 0.1) is 0 Å². The average molecular weight is 248 g/mol. The first-order valence-electron chi connectivity index (χ1n) is 5.79. The molecule has 5 heteroatoms. The molecule has 16 heavy (non-hydrogen) atoms. The Balaban J connectivity index is 3.14. The zero-order valence-electron chi connectivity index (χ0n) is 10.9. The van der Waals surface area contributed by atoms with Gasteiger partial charge in [-0.3, -0.25) is 0 Å². The lowest BCUT2D eigenvalue weighted by Gasteiger charge is -2.47. The van der Waals surface area contributed by atoms with Gasteiger partial charge in [-0.1, -0.05) is 0 Å². The molecule has 0 aromatic heterocycles. The predicted octanol–water partition coefficient (Wildman–Crippen LogP) is 1.32. The number of rotatable bonds is 1. The molecule has 0 spiro atoms. The second kappa shape index (κ2) is 3.96. The van der Waals surface area contributed by atoms with Crippen LogP contribution in [0.4, 0.5) is 0 Å². The Labute approximate surface area is 99.2 Å². The van der Waals surface area contributed by atoms with E-state index < -0.39 is 20.3 Å². The van der Waals surface area contributed by atoms with E-state index in [4.69, 9.17) is 5.73 Å². The molecule has 96 valence electrons. The highest BCUT2D eigenvalue weighted by Crippen LogP contribution is 2.33. The molecule has 1 aliphatic rings. The van der Waals surface area contributed by atoms with Crippen LogP contribution in [-0.4, -0.2) is 35.6 Å². The van der Waals surface area contributed by atoms with E-state index >= 15 is 0 Å². The quantitative estimate of drug-likeness (QED) is 0.761. The zero-order valence-corrected chi connectivity index (χ0v) is 11.8. The van der Waals surface area contributed by atoms with Gasteiger partial charge in [-0.25, -0.2) is 8.42 Å². The first-order valence-corrected chi connectivity index (χ1v) is 7.23. The van der Waals surface area contributed by atoms with E-state index in [-0.39, 0.29) is 6.04 Å². The number of nitrogens with zero attached hydrogens (tertiary/aromatic N) is 1. The lowest BCUT2D eigenvalue weighted by molar-refractivity contribution is 0.139. The molecule has 0 aliphatic carbocycles. The van der Waals surface area contributed by atoms with Gasteiger partial charge in [0.1, 0.15) is 0 Å². The molecule has 1 heterocycles. The Morgan fingerprint density at radius 2 is 1.81 bits per heavy atom. The lowest BCUT2D eigenvalue weighted by atomic mass is 9.88. The highest BCUT2D eigenvalue weighted by Gasteiger charge is 2.47. The normalized spacial score (nSPS) is 28.0. The highest BCUT2D eigenvalue weighted by atomic mass is 32.2. The van der Waals surface area contributed by atoms with Gasteiger partial charge in [0, 0.05) is 18.1 Å². The molecule has 0 radical (unpaired) electrons. The van der Waals surface area contributed by atoms with Gasteiger partial charge in [0.25, 0.3) is 0 Å².